The van der Waals surface area contributed by atoms with Crippen LogP contribution < -0.4 is 15.5 Å². The maximum absolute atomic E-state index is 12.5. The van der Waals surface area contributed by atoms with Gasteiger partial charge in [-0.3, -0.25) is 5.10 Å². The number of amides is 2. The first-order valence-corrected chi connectivity index (χ1v) is 10.2. The molecule has 0 aliphatic carbocycles. The highest BCUT2D eigenvalue weighted by Crippen LogP contribution is 2.31. The second kappa shape index (κ2) is 8.57. The van der Waals surface area contributed by atoms with Crippen LogP contribution in [0.15, 0.2) is 48.5 Å². The van der Waals surface area contributed by atoms with E-state index in [1.807, 2.05) is 6.92 Å². The summed E-state index contributed by atoms with van der Waals surface area (Å²) >= 11 is 5.98. The van der Waals surface area contributed by atoms with Gasteiger partial charge in [-0.1, -0.05) is 29.8 Å². The number of carbonyl (C=O) groups is 1. The highest BCUT2D eigenvalue weighted by molar-refractivity contribution is 6.30. The molecule has 0 radical (unpaired) electrons. The summed E-state index contributed by atoms with van der Waals surface area (Å²) in [6.07, 6.45) is 3.81. The number of hydrogen-bond donors (Lipinski definition) is 3. The summed E-state index contributed by atoms with van der Waals surface area (Å²) in [6, 6.07) is 15.0. The van der Waals surface area contributed by atoms with E-state index in [0.717, 1.165) is 24.3 Å². The summed E-state index contributed by atoms with van der Waals surface area (Å²) in [5.41, 5.74) is 4.98. The minimum Gasteiger partial charge on any atom is -0.372 e. The number of H-pyrrole nitrogens is 1. The molecule has 7 heteroatoms. The molecular weight excluding hydrogens is 386 g/mol. The molecule has 1 aromatic heterocycles. The zero-order chi connectivity index (χ0) is 20.2. The molecule has 6 nitrogen and oxygen atoms in total. The number of nitrogens with zero attached hydrogens (tertiary/aromatic N) is 2. The zero-order valence-electron chi connectivity index (χ0n) is 16.3. The highest BCUT2D eigenvalue weighted by atomic mass is 35.5. The van der Waals surface area contributed by atoms with Crippen LogP contribution in [0, 0.1) is 6.92 Å². The molecule has 4 rings (SSSR count). The Hall–Kier alpha value is -2.99. The van der Waals surface area contributed by atoms with Crippen LogP contribution in [-0.4, -0.2) is 29.3 Å². The predicted octanol–water partition coefficient (Wildman–Crippen LogP) is 5.67. The number of hydrogen-bond acceptors (Lipinski definition) is 3. The Balaban J connectivity index is 1.50. The van der Waals surface area contributed by atoms with Crippen molar-refractivity contribution < 1.29 is 4.79 Å². The summed E-state index contributed by atoms with van der Waals surface area (Å²) in [4.78, 5) is 14.9. The van der Waals surface area contributed by atoms with Crippen LogP contribution >= 0.6 is 11.6 Å². The van der Waals surface area contributed by atoms with Gasteiger partial charge in [-0.05, 0) is 56.5 Å². The van der Waals surface area contributed by atoms with E-state index in [2.05, 4.69) is 50.0 Å². The Morgan fingerprint density at radius 3 is 2.55 bits per heavy atom. The Bertz CT molecular complexity index is 993. The minimum absolute atomic E-state index is 0.344. The van der Waals surface area contributed by atoms with E-state index in [1.54, 1.807) is 24.3 Å². The summed E-state index contributed by atoms with van der Waals surface area (Å²) in [6.45, 7) is 4.10. The molecule has 29 heavy (non-hydrogen) atoms. The van der Waals surface area contributed by atoms with Crippen LogP contribution in [0.3, 0.4) is 0 Å². The first-order valence-electron chi connectivity index (χ1n) is 9.84. The monoisotopic (exact) mass is 409 g/mol. The topological polar surface area (TPSA) is 73.0 Å². The van der Waals surface area contributed by atoms with Crippen LogP contribution in [0.4, 0.5) is 21.9 Å². The Kier molecular flexibility index (Phi) is 5.71. The third-order valence-electron chi connectivity index (χ3n) is 5.13. The molecule has 1 aliphatic rings. The normalized spacial score (nSPS) is 13.9. The number of aromatic amines is 1. The molecule has 2 amide bonds. The summed E-state index contributed by atoms with van der Waals surface area (Å²) < 4.78 is 0. The fraction of sp³-hybridized carbons (Fsp3) is 0.273. The molecule has 2 aromatic carbocycles. The second-order valence-corrected chi connectivity index (χ2v) is 7.69. The molecule has 0 spiro atoms. The average molecular weight is 410 g/mol. The van der Waals surface area contributed by atoms with Gasteiger partial charge in [-0.15, -0.1) is 0 Å². The number of halogens is 1. The number of aryl methyl sites for hydroxylation is 1. The molecular formula is C22H24ClN5O. The van der Waals surface area contributed by atoms with Crippen LogP contribution in [0.25, 0.3) is 11.3 Å². The van der Waals surface area contributed by atoms with Crippen LogP contribution in [-0.2, 0) is 0 Å². The van der Waals surface area contributed by atoms with Crippen molar-refractivity contribution in [1.82, 2.24) is 10.2 Å². The van der Waals surface area contributed by atoms with Gasteiger partial charge in [-0.25, -0.2) is 4.79 Å². The SMILES string of the molecule is Cc1[nH]nc(-c2ccc(N3CCCCC3)cc2)c1NC(=O)Nc1cccc(Cl)c1. The summed E-state index contributed by atoms with van der Waals surface area (Å²) in [5, 5.41) is 13.6. The van der Waals surface area contributed by atoms with E-state index in [0.29, 0.717) is 22.1 Å². The highest BCUT2D eigenvalue weighted by Gasteiger charge is 2.16. The number of nitrogens with one attached hydrogen (secondary N) is 3. The number of anilines is 3. The summed E-state index contributed by atoms with van der Waals surface area (Å²) in [7, 11) is 0. The molecule has 1 saturated heterocycles. The molecule has 1 aliphatic heterocycles. The van der Waals surface area contributed by atoms with Gasteiger partial charge in [0.2, 0.25) is 0 Å². The standard InChI is InChI=1S/C22H24ClN5O/c1-15-20(25-22(29)24-18-7-5-6-17(23)14-18)21(27-26-15)16-8-10-19(11-9-16)28-12-3-2-4-13-28/h5-11,14H,2-4,12-13H2,1H3,(H,26,27)(H2,24,25,29). The van der Waals surface area contributed by atoms with Gasteiger partial charge < -0.3 is 15.5 Å². The predicted molar refractivity (Wildman–Crippen MR) is 119 cm³/mol. The molecule has 3 aromatic rings. The van der Waals surface area contributed by atoms with Gasteiger partial charge in [0.25, 0.3) is 0 Å². The van der Waals surface area contributed by atoms with Crippen molar-refractivity contribution in [3.63, 3.8) is 0 Å². The number of benzene rings is 2. The largest absolute Gasteiger partial charge is 0.372 e. The van der Waals surface area contributed by atoms with Crippen molar-refractivity contribution in [2.75, 3.05) is 28.6 Å². The molecule has 0 bridgehead atoms. The Morgan fingerprint density at radius 2 is 1.83 bits per heavy atom. The van der Waals surface area contributed by atoms with Gasteiger partial charge in [0.15, 0.2) is 0 Å². The average Bonchev–Trinajstić information content (AvgIpc) is 3.09. The van der Waals surface area contributed by atoms with E-state index >= 15 is 0 Å². The molecule has 0 atom stereocenters. The fourth-order valence-electron chi connectivity index (χ4n) is 3.62. The smallest absolute Gasteiger partial charge is 0.323 e. The van der Waals surface area contributed by atoms with Crippen LogP contribution in [0.1, 0.15) is 25.0 Å². The lowest BCUT2D eigenvalue weighted by Crippen LogP contribution is -2.29. The maximum atomic E-state index is 12.5. The van der Waals surface area contributed by atoms with E-state index in [4.69, 9.17) is 11.6 Å². The molecule has 150 valence electrons. The van der Waals surface area contributed by atoms with Crippen molar-refractivity contribution in [2.24, 2.45) is 0 Å². The lowest BCUT2D eigenvalue weighted by molar-refractivity contribution is 0.262. The van der Waals surface area contributed by atoms with Crippen molar-refractivity contribution in [1.29, 1.82) is 0 Å². The Labute approximate surface area is 175 Å². The van der Waals surface area contributed by atoms with Gasteiger partial charge in [0.05, 0.1) is 11.4 Å². The van der Waals surface area contributed by atoms with Crippen molar-refractivity contribution in [3.8, 4) is 11.3 Å². The van der Waals surface area contributed by atoms with Crippen molar-refractivity contribution in [3.05, 3.63) is 59.2 Å². The fourth-order valence-corrected chi connectivity index (χ4v) is 3.81. The van der Waals surface area contributed by atoms with Gasteiger partial charge in [0.1, 0.15) is 5.69 Å². The third kappa shape index (κ3) is 4.54. The summed E-state index contributed by atoms with van der Waals surface area (Å²) in [5.74, 6) is 0. The number of carbonyl (C=O) groups excluding carboxylic acids is 1. The van der Waals surface area contributed by atoms with Crippen molar-refractivity contribution >= 4 is 34.7 Å². The Morgan fingerprint density at radius 1 is 1.07 bits per heavy atom. The first-order chi connectivity index (χ1) is 14.1. The maximum Gasteiger partial charge on any atom is 0.323 e. The van der Waals surface area contributed by atoms with Crippen LogP contribution in [0.2, 0.25) is 5.02 Å². The van der Waals surface area contributed by atoms with E-state index in [1.165, 1.54) is 24.9 Å². The molecule has 0 unspecified atom stereocenters. The molecule has 0 saturated carbocycles. The molecule has 3 N–H and O–H groups in total. The first kappa shape index (κ1) is 19.3. The minimum atomic E-state index is -0.344. The van der Waals surface area contributed by atoms with Crippen LogP contribution in [0.5, 0.6) is 0 Å². The quantitative estimate of drug-likeness (QED) is 0.519. The van der Waals surface area contributed by atoms with E-state index < -0.39 is 0 Å². The second-order valence-electron chi connectivity index (χ2n) is 7.26. The third-order valence-corrected chi connectivity index (χ3v) is 5.37. The lowest BCUT2D eigenvalue weighted by Gasteiger charge is -2.28. The lowest BCUT2D eigenvalue weighted by atomic mass is 10.1. The number of piperidine rings is 1. The molecule has 2 heterocycles. The van der Waals surface area contributed by atoms with Crippen molar-refractivity contribution in [2.45, 2.75) is 26.2 Å². The molecule has 1 fully saturated rings. The number of aromatic nitrogens is 2. The van der Waals surface area contributed by atoms with Gasteiger partial charge >= 0.3 is 6.03 Å². The van der Waals surface area contributed by atoms with E-state index in [-0.39, 0.29) is 6.03 Å². The van der Waals surface area contributed by atoms with E-state index in [9.17, 15) is 4.79 Å². The zero-order valence-corrected chi connectivity index (χ0v) is 17.1. The van der Waals surface area contributed by atoms with Gasteiger partial charge in [-0.2, -0.15) is 5.10 Å². The number of urea groups is 1. The number of rotatable bonds is 4. The van der Waals surface area contributed by atoms with Gasteiger partial charge in [0, 0.05) is 35.1 Å².